The van der Waals surface area contributed by atoms with Crippen molar-refractivity contribution in [2.45, 2.75) is 10.1 Å². The van der Waals surface area contributed by atoms with Gasteiger partial charge in [-0.15, -0.1) is 10.2 Å². The molecule has 4 rings (SSSR count). The summed E-state index contributed by atoms with van der Waals surface area (Å²) in [6.07, 6.45) is 0. The van der Waals surface area contributed by atoms with E-state index in [9.17, 15) is 4.79 Å². The number of furan rings is 1. The Balaban J connectivity index is 1.43. The molecular weight excluding hydrogens is 434 g/mol. The van der Waals surface area contributed by atoms with Crippen molar-refractivity contribution in [1.29, 1.82) is 0 Å². The molecule has 0 bridgehead atoms. The molecule has 0 atom stereocenters. The third-order valence-corrected chi connectivity index (χ3v) is 6.10. The van der Waals surface area contributed by atoms with Gasteiger partial charge in [-0.25, -0.2) is 0 Å². The van der Waals surface area contributed by atoms with E-state index in [0.29, 0.717) is 9.80 Å². The Hall–Kier alpha value is -2.16. The third-order valence-electron chi connectivity index (χ3n) is 3.65. The molecule has 0 unspecified atom stereocenters. The SMILES string of the molecule is O=C(Nc1nnc(SCc2cccc3ccccc23)s1)c1ccc(Br)o1. The predicted molar refractivity (Wildman–Crippen MR) is 108 cm³/mol. The van der Waals surface area contributed by atoms with E-state index in [2.05, 4.69) is 61.8 Å². The van der Waals surface area contributed by atoms with Crippen molar-refractivity contribution < 1.29 is 9.21 Å². The van der Waals surface area contributed by atoms with E-state index in [1.54, 1.807) is 23.9 Å². The molecule has 0 aliphatic carbocycles. The number of nitrogens with one attached hydrogen (secondary N) is 1. The number of benzene rings is 2. The van der Waals surface area contributed by atoms with Crippen molar-refractivity contribution in [3.63, 3.8) is 0 Å². The average Bonchev–Trinajstić information content (AvgIpc) is 3.29. The van der Waals surface area contributed by atoms with Gasteiger partial charge >= 0.3 is 0 Å². The molecule has 26 heavy (non-hydrogen) atoms. The van der Waals surface area contributed by atoms with Crippen LogP contribution in [0.5, 0.6) is 0 Å². The molecule has 8 heteroatoms. The van der Waals surface area contributed by atoms with Crippen molar-refractivity contribution in [2.75, 3.05) is 5.32 Å². The van der Waals surface area contributed by atoms with Gasteiger partial charge in [0.15, 0.2) is 14.8 Å². The van der Waals surface area contributed by atoms with Gasteiger partial charge in [0.25, 0.3) is 5.91 Å². The van der Waals surface area contributed by atoms with Gasteiger partial charge in [-0.3, -0.25) is 10.1 Å². The predicted octanol–water partition coefficient (Wildman–Crippen LogP) is 5.59. The van der Waals surface area contributed by atoms with Crippen LogP contribution in [0.15, 0.2) is 68.0 Å². The van der Waals surface area contributed by atoms with Gasteiger partial charge in [-0.1, -0.05) is 65.6 Å². The highest BCUT2D eigenvalue weighted by atomic mass is 79.9. The van der Waals surface area contributed by atoms with Crippen LogP contribution in [-0.4, -0.2) is 16.1 Å². The van der Waals surface area contributed by atoms with Gasteiger partial charge in [0.2, 0.25) is 5.13 Å². The molecule has 1 amide bonds. The molecule has 0 aliphatic heterocycles. The van der Waals surface area contributed by atoms with Crippen LogP contribution in [-0.2, 0) is 5.75 Å². The number of carbonyl (C=O) groups excluding carboxylic acids is 1. The summed E-state index contributed by atoms with van der Waals surface area (Å²) in [5, 5.41) is 13.8. The zero-order valence-corrected chi connectivity index (χ0v) is 16.5. The molecule has 0 radical (unpaired) electrons. The number of halogens is 1. The first-order valence-electron chi connectivity index (χ1n) is 7.69. The minimum Gasteiger partial charge on any atom is -0.444 e. The second-order valence-electron chi connectivity index (χ2n) is 5.36. The Labute approximate surface area is 166 Å². The second kappa shape index (κ2) is 7.61. The summed E-state index contributed by atoms with van der Waals surface area (Å²) in [6.45, 7) is 0. The van der Waals surface area contributed by atoms with Crippen molar-refractivity contribution >= 4 is 60.8 Å². The number of fused-ring (bicyclic) bond motifs is 1. The molecule has 0 spiro atoms. The molecule has 0 saturated heterocycles. The van der Waals surface area contributed by atoms with E-state index in [1.165, 1.54) is 27.7 Å². The molecule has 2 heterocycles. The van der Waals surface area contributed by atoms with Gasteiger partial charge in [0.05, 0.1) is 0 Å². The molecule has 5 nitrogen and oxygen atoms in total. The Kier molecular flexibility index (Phi) is 5.05. The Morgan fingerprint density at radius 3 is 2.81 bits per heavy atom. The summed E-state index contributed by atoms with van der Waals surface area (Å²) in [5.41, 5.74) is 1.24. The standard InChI is InChI=1S/C18H12BrN3O2S2/c19-15-9-8-14(24-15)16(23)20-17-21-22-18(26-17)25-10-12-6-3-5-11-4-1-2-7-13(11)12/h1-9H,10H2,(H,20,21,23). The molecule has 4 aromatic rings. The molecule has 2 aromatic heterocycles. The monoisotopic (exact) mass is 445 g/mol. The van der Waals surface area contributed by atoms with Crippen LogP contribution in [0.1, 0.15) is 16.1 Å². The first-order valence-corrected chi connectivity index (χ1v) is 10.3. The zero-order valence-electron chi connectivity index (χ0n) is 13.3. The van der Waals surface area contributed by atoms with E-state index < -0.39 is 0 Å². The molecule has 0 fully saturated rings. The van der Waals surface area contributed by atoms with Crippen molar-refractivity contribution in [1.82, 2.24) is 10.2 Å². The number of nitrogens with zero attached hydrogens (tertiary/aromatic N) is 2. The van der Waals surface area contributed by atoms with Crippen LogP contribution in [0.25, 0.3) is 10.8 Å². The lowest BCUT2D eigenvalue weighted by molar-refractivity contribution is 0.0995. The molecular formula is C18H12BrN3O2S2. The summed E-state index contributed by atoms with van der Waals surface area (Å²) in [4.78, 5) is 12.1. The Bertz CT molecular complexity index is 1070. The van der Waals surface area contributed by atoms with Gasteiger partial charge in [0.1, 0.15) is 0 Å². The minimum atomic E-state index is -0.350. The summed E-state index contributed by atoms with van der Waals surface area (Å²) in [6, 6.07) is 17.9. The summed E-state index contributed by atoms with van der Waals surface area (Å²) < 4.78 is 6.53. The summed E-state index contributed by atoms with van der Waals surface area (Å²) in [7, 11) is 0. The number of amides is 1. The maximum atomic E-state index is 12.1. The lowest BCUT2D eigenvalue weighted by atomic mass is 10.1. The van der Waals surface area contributed by atoms with Crippen LogP contribution in [0.3, 0.4) is 0 Å². The van der Waals surface area contributed by atoms with Gasteiger partial charge in [-0.05, 0) is 44.4 Å². The number of hydrogen-bond donors (Lipinski definition) is 1. The summed E-state index contributed by atoms with van der Waals surface area (Å²) in [5.74, 6) is 0.657. The quantitative estimate of drug-likeness (QED) is 0.320. The van der Waals surface area contributed by atoms with E-state index in [-0.39, 0.29) is 11.7 Å². The fraction of sp³-hybridized carbons (Fsp3) is 0.0556. The van der Waals surface area contributed by atoms with Gasteiger partial charge in [0, 0.05) is 5.75 Å². The van der Waals surface area contributed by atoms with E-state index in [0.717, 1.165) is 10.1 Å². The van der Waals surface area contributed by atoms with Crippen LogP contribution in [0, 0.1) is 0 Å². The fourth-order valence-electron chi connectivity index (χ4n) is 2.47. The maximum absolute atomic E-state index is 12.1. The van der Waals surface area contributed by atoms with Gasteiger partial charge < -0.3 is 4.42 Å². The van der Waals surface area contributed by atoms with Crippen molar-refractivity contribution in [3.8, 4) is 0 Å². The Morgan fingerprint density at radius 1 is 1.12 bits per heavy atom. The molecule has 0 saturated carbocycles. The highest BCUT2D eigenvalue weighted by Crippen LogP contribution is 2.31. The highest BCUT2D eigenvalue weighted by Gasteiger charge is 2.14. The minimum absolute atomic E-state index is 0.219. The number of anilines is 1. The largest absolute Gasteiger partial charge is 0.444 e. The number of thioether (sulfide) groups is 1. The molecule has 1 N–H and O–H groups in total. The van der Waals surface area contributed by atoms with Crippen LogP contribution in [0.4, 0.5) is 5.13 Å². The van der Waals surface area contributed by atoms with E-state index >= 15 is 0 Å². The topological polar surface area (TPSA) is 68.0 Å². The van der Waals surface area contributed by atoms with Crippen LogP contribution >= 0.6 is 39.0 Å². The fourth-order valence-corrected chi connectivity index (χ4v) is 4.53. The second-order valence-corrected chi connectivity index (χ2v) is 8.34. The lowest BCUT2D eigenvalue weighted by Crippen LogP contribution is -2.10. The third kappa shape index (κ3) is 3.82. The highest BCUT2D eigenvalue weighted by molar-refractivity contribution is 9.10. The van der Waals surface area contributed by atoms with Crippen LogP contribution in [0.2, 0.25) is 0 Å². The zero-order chi connectivity index (χ0) is 17.9. The smallest absolute Gasteiger partial charge is 0.293 e. The number of hydrogen-bond acceptors (Lipinski definition) is 6. The normalized spacial score (nSPS) is 11.0. The number of carbonyl (C=O) groups is 1. The van der Waals surface area contributed by atoms with E-state index in [1.807, 2.05) is 12.1 Å². The van der Waals surface area contributed by atoms with Gasteiger partial charge in [-0.2, -0.15) is 0 Å². The first-order chi connectivity index (χ1) is 12.7. The number of aromatic nitrogens is 2. The Morgan fingerprint density at radius 2 is 1.96 bits per heavy atom. The average molecular weight is 446 g/mol. The maximum Gasteiger partial charge on any atom is 0.293 e. The van der Waals surface area contributed by atoms with E-state index in [4.69, 9.17) is 4.42 Å². The van der Waals surface area contributed by atoms with Crippen LogP contribution < -0.4 is 5.32 Å². The molecule has 130 valence electrons. The first kappa shape index (κ1) is 17.3. The van der Waals surface area contributed by atoms with Crippen molar-refractivity contribution in [2.24, 2.45) is 0 Å². The number of rotatable bonds is 5. The van der Waals surface area contributed by atoms with Crippen molar-refractivity contribution in [3.05, 3.63) is 70.6 Å². The summed E-state index contributed by atoms with van der Waals surface area (Å²) >= 11 is 6.12. The molecule has 0 aliphatic rings. The lowest BCUT2D eigenvalue weighted by Gasteiger charge is -2.04. The molecule has 2 aromatic carbocycles.